The Balaban J connectivity index is 1.45. The Kier molecular flexibility index (Phi) is 6.28. The molecule has 1 heterocycles. The topological polar surface area (TPSA) is 85.6 Å². The Hall–Kier alpha value is -4.78. The minimum Gasteiger partial charge on any atom is -0.497 e. The lowest BCUT2D eigenvalue weighted by atomic mass is 10.0. The number of carbonyl (C=O) groups excluding carboxylic acids is 1. The molecular weight excluding hydrogens is 452 g/mol. The molecule has 0 aliphatic carbocycles. The number of ether oxygens (including phenoxy) is 1. The van der Waals surface area contributed by atoms with Gasteiger partial charge in [0, 0.05) is 5.39 Å². The molecular formula is C29H24N4O3. The Labute approximate surface area is 207 Å². The van der Waals surface area contributed by atoms with E-state index in [-0.39, 0.29) is 17.8 Å². The van der Waals surface area contributed by atoms with Crippen LogP contribution in [-0.2, 0) is 6.54 Å². The second kappa shape index (κ2) is 9.84. The molecule has 0 bridgehead atoms. The van der Waals surface area contributed by atoms with Crippen LogP contribution >= 0.6 is 0 Å². The number of aromatic nitrogens is 2. The fourth-order valence-corrected chi connectivity index (χ4v) is 4.09. The third kappa shape index (κ3) is 4.59. The fourth-order valence-electron chi connectivity index (χ4n) is 4.09. The van der Waals surface area contributed by atoms with Gasteiger partial charge < -0.3 is 4.74 Å². The number of rotatable bonds is 6. The monoisotopic (exact) mass is 476 g/mol. The van der Waals surface area contributed by atoms with Crippen molar-refractivity contribution in [2.45, 2.75) is 13.5 Å². The van der Waals surface area contributed by atoms with Gasteiger partial charge in [0.05, 0.1) is 24.8 Å². The van der Waals surface area contributed by atoms with Gasteiger partial charge in [0.15, 0.2) is 5.69 Å². The van der Waals surface area contributed by atoms with E-state index in [1.807, 2.05) is 73.7 Å². The molecule has 0 atom stereocenters. The molecule has 4 aromatic carbocycles. The third-order valence-corrected chi connectivity index (χ3v) is 6.05. The number of hydrogen-bond acceptors (Lipinski definition) is 5. The van der Waals surface area contributed by atoms with Crippen molar-refractivity contribution in [1.82, 2.24) is 15.2 Å². The Bertz CT molecular complexity index is 1670. The maximum absolute atomic E-state index is 13.2. The summed E-state index contributed by atoms with van der Waals surface area (Å²) in [6.07, 6.45) is 0. The van der Waals surface area contributed by atoms with Gasteiger partial charge in [-0.15, -0.1) is 0 Å². The summed E-state index contributed by atoms with van der Waals surface area (Å²) in [5.74, 6) is 0.305. The summed E-state index contributed by atoms with van der Waals surface area (Å²) in [6, 6.07) is 28.3. The van der Waals surface area contributed by atoms with Gasteiger partial charge in [-0.05, 0) is 53.1 Å². The van der Waals surface area contributed by atoms with Crippen LogP contribution in [0.25, 0.3) is 21.5 Å². The number of fused-ring (bicyclic) bond motifs is 2. The van der Waals surface area contributed by atoms with Crippen LogP contribution in [0.4, 0.5) is 0 Å². The highest BCUT2D eigenvalue weighted by Gasteiger charge is 2.17. The highest BCUT2D eigenvalue weighted by Crippen LogP contribution is 2.22. The largest absolute Gasteiger partial charge is 0.497 e. The zero-order valence-electron chi connectivity index (χ0n) is 19.9. The van der Waals surface area contributed by atoms with Crippen molar-refractivity contribution < 1.29 is 9.53 Å². The summed E-state index contributed by atoms with van der Waals surface area (Å²) in [5.41, 5.74) is 4.94. The number of hydrogen-bond donors (Lipinski definition) is 1. The lowest BCUT2D eigenvalue weighted by molar-refractivity contribution is 0.0949. The van der Waals surface area contributed by atoms with Gasteiger partial charge in [-0.3, -0.25) is 9.59 Å². The molecule has 0 fully saturated rings. The van der Waals surface area contributed by atoms with Crippen LogP contribution in [0, 0.1) is 0 Å². The molecule has 0 aliphatic rings. The standard InChI is InChI=1S/C29H24N4O3/c1-19(21-12-13-23-17-24(36-2)15-14-22(23)16-21)30-31-28(34)27-25-10-6-7-11-26(25)29(35)33(32-27)18-20-8-4-3-5-9-20/h3-17H,18H2,1-2H3,(H,31,34)/b30-19+. The third-order valence-electron chi connectivity index (χ3n) is 6.05. The van der Waals surface area contributed by atoms with Gasteiger partial charge in [0.1, 0.15) is 5.75 Å². The van der Waals surface area contributed by atoms with E-state index in [1.165, 1.54) is 4.68 Å². The van der Waals surface area contributed by atoms with Crippen molar-refractivity contribution >= 4 is 33.2 Å². The minimum atomic E-state index is -0.488. The molecule has 1 N–H and O–H groups in total. The highest BCUT2D eigenvalue weighted by atomic mass is 16.5. The van der Waals surface area contributed by atoms with E-state index in [0.29, 0.717) is 16.5 Å². The van der Waals surface area contributed by atoms with Crippen molar-refractivity contribution in [3.63, 3.8) is 0 Å². The molecule has 0 aliphatic heterocycles. The molecule has 5 rings (SSSR count). The zero-order valence-corrected chi connectivity index (χ0v) is 19.9. The summed E-state index contributed by atoms with van der Waals surface area (Å²) in [4.78, 5) is 26.2. The van der Waals surface area contributed by atoms with Crippen molar-refractivity contribution in [1.29, 1.82) is 0 Å². The first-order valence-corrected chi connectivity index (χ1v) is 11.5. The van der Waals surface area contributed by atoms with Crippen molar-refractivity contribution in [2.75, 3.05) is 7.11 Å². The van der Waals surface area contributed by atoms with Crippen LogP contribution in [-0.4, -0.2) is 28.5 Å². The predicted octanol–water partition coefficient (Wildman–Crippen LogP) is 4.76. The van der Waals surface area contributed by atoms with Crippen LogP contribution in [0.1, 0.15) is 28.5 Å². The first-order chi connectivity index (χ1) is 17.5. The fraction of sp³-hybridized carbons (Fsp3) is 0.103. The van der Waals surface area contributed by atoms with Crippen LogP contribution in [0.2, 0.25) is 0 Å². The summed E-state index contributed by atoms with van der Waals surface area (Å²) < 4.78 is 6.61. The van der Waals surface area contributed by atoms with Crippen molar-refractivity contribution in [3.05, 3.63) is 118 Å². The van der Waals surface area contributed by atoms with Crippen LogP contribution < -0.4 is 15.7 Å². The Morgan fingerprint density at radius 2 is 1.61 bits per heavy atom. The van der Waals surface area contributed by atoms with Gasteiger partial charge in [-0.2, -0.15) is 10.2 Å². The lowest BCUT2D eigenvalue weighted by Gasteiger charge is -2.11. The molecule has 7 nitrogen and oxygen atoms in total. The second-order valence-electron chi connectivity index (χ2n) is 8.41. The Morgan fingerprint density at radius 3 is 2.39 bits per heavy atom. The van der Waals surface area contributed by atoms with Gasteiger partial charge in [0.2, 0.25) is 0 Å². The number of nitrogens with one attached hydrogen (secondary N) is 1. The maximum Gasteiger partial charge on any atom is 0.292 e. The minimum absolute atomic E-state index is 0.142. The molecule has 178 valence electrons. The smallest absolute Gasteiger partial charge is 0.292 e. The average Bonchev–Trinajstić information content (AvgIpc) is 2.93. The van der Waals surface area contributed by atoms with Gasteiger partial charge in [0.25, 0.3) is 11.5 Å². The summed E-state index contributed by atoms with van der Waals surface area (Å²) in [5, 5.41) is 11.7. The molecule has 5 aromatic rings. The predicted molar refractivity (Wildman–Crippen MR) is 142 cm³/mol. The molecule has 0 radical (unpaired) electrons. The van der Waals surface area contributed by atoms with Gasteiger partial charge in [-0.1, -0.05) is 66.7 Å². The lowest BCUT2D eigenvalue weighted by Crippen LogP contribution is -2.29. The molecule has 1 amide bonds. The van der Waals surface area contributed by atoms with E-state index in [1.54, 1.807) is 31.4 Å². The zero-order chi connectivity index (χ0) is 25.1. The van der Waals surface area contributed by atoms with Crippen LogP contribution in [0.15, 0.2) is 101 Å². The molecule has 0 saturated heterocycles. The molecule has 0 spiro atoms. The van der Waals surface area contributed by atoms with E-state index >= 15 is 0 Å². The molecule has 0 saturated carbocycles. The molecule has 7 heteroatoms. The van der Waals surface area contributed by atoms with E-state index in [4.69, 9.17) is 4.74 Å². The van der Waals surface area contributed by atoms with E-state index in [0.717, 1.165) is 27.6 Å². The van der Waals surface area contributed by atoms with Gasteiger partial charge in [-0.25, -0.2) is 10.1 Å². The second-order valence-corrected chi connectivity index (χ2v) is 8.41. The van der Waals surface area contributed by atoms with Crippen molar-refractivity contribution in [3.8, 4) is 5.75 Å². The van der Waals surface area contributed by atoms with Gasteiger partial charge >= 0.3 is 0 Å². The molecule has 0 unspecified atom stereocenters. The highest BCUT2D eigenvalue weighted by molar-refractivity contribution is 6.06. The van der Waals surface area contributed by atoms with E-state index in [2.05, 4.69) is 15.6 Å². The number of benzene rings is 4. The van der Waals surface area contributed by atoms with E-state index in [9.17, 15) is 9.59 Å². The van der Waals surface area contributed by atoms with Crippen LogP contribution in [0.3, 0.4) is 0 Å². The number of nitrogens with zero attached hydrogens (tertiary/aromatic N) is 3. The Morgan fingerprint density at radius 1 is 0.917 bits per heavy atom. The average molecular weight is 477 g/mol. The van der Waals surface area contributed by atoms with E-state index < -0.39 is 5.91 Å². The molecule has 1 aromatic heterocycles. The number of hydrazone groups is 1. The molecule has 36 heavy (non-hydrogen) atoms. The number of methoxy groups -OCH3 is 1. The normalized spacial score (nSPS) is 11.6. The first kappa shape index (κ1) is 23.0. The van der Waals surface area contributed by atoms with Crippen molar-refractivity contribution in [2.24, 2.45) is 5.10 Å². The first-order valence-electron chi connectivity index (χ1n) is 11.5. The summed E-state index contributed by atoms with van der Waals surface area (Å²) in [7, 11) is 1.64. The summed E-state index contributed by atoms with van der Waals surface area (Å²) in [6.45, 7) is 2.09. The number of carbonyl (C=O) groups is 1. The van der Waals surface area contributed by atoms with Crippen LogP contribution in [0.5, 0.6) is 5.75 Å². The number of amides is 1. The summed E-state index contributed by atoms with van der Waals surface area (Å²) >= 11 is 0. The maximum atomic E-state index is 13.2. The SMILES string of the molecule is COc1ccc2cc(/C(C)=N/NC(=O)c3nn(Cc4ccccc4)c(=O)c4ccccc34)ccc2c1. The quantitative estimate of drug-likeness (QED) is 0.283.